The fourth-order valence-corrected chi connectivity index (χ4v) is 4.60. The summed E-state index contributed by atoms with van der Waals surface area (Å²) in [6, 6.07) is 8.22. The van der Waals surface area contributed by atoms with Crippen LogP contribution in [0.15, 0.2) is 47.4 Å². The first kappa shape index (κ1) is 30.2. The molecule has 0 spiro atoms. The summed E-state index contributed by atoms with van der Waals surface area (Å²) < 4.78 is 12.9. The summed E-state index contributed by atoms with van der Waals surface area (Å²) in [5.41, 5.74) is 17.0. The summed E-state index contributed by atoms with van der Waals surface area (Å²) in [7, 11) is 1.68. The van der Waals surface area contributed by atoms with E-state index in [1.165, 1.54) is 19.3 Å². The van der Waals surface area contributed by atoms with E-state index >= 15 is 0 Å². The molecule has 1 saturated heterocycles. The molecule has 2 aliphatic heterocycles. The normalized spacial score (nSPS) is 15.1. The van der Waals surface area contributed by atoms with Crippen molar-refractivity contribution in [3.8, 4) is 0 Å². The molecule has 10 nitrogen and oxygen atoms in total. The first-order valence-corrected chi connectivity index (χ1v) is 13.9. The van der Waals surface area contributed by atoms with Gasteiger partial charge in [0, 0.05) is 50.4 Å². The molecule has 1 fully saturated rings. The third-order valence-electron chi connectivity index (χ3n) is 6.46. The predicted octanol–water partition coefficient (Wildman–Crippen LogP) is 3.91. The number of ether oxygens (including phenoxy) is 2. The number of anilines is 2. The van der Waals surface area contributed by atoms with E-state index in [1.54, 1.807) is 14.0 Å². The quantitative estimate of drug-likeness (QED) is 0.269. The van der Waals surface area contributed by atoms with Crippen molar-refractivity contribution >= 4 is 33.7 Å². The Morgan fingerprint density at radius 3 is 2.51 bits per heavy atom. The number of benzene rings is 1. The van der Waals surface area contributed by atoms with E-state index in [-0.39, 0.29) is 12.6 Å². The second kappa shape index (κ2) is 15.9. The molecule has 5 rings (SSSR count). The average Bonchev–Trinajstić information content (AvgIpc) is 3.28. The highest BCUT2D eigenvalue weighted by atomic mass is 16.5. The highest BCUT2D eigenvalue weighted by molar-refractivity contribution is 6.09. The van der Waals surface area contributed by atoms with Crippen molar-refractivity contribution in [2.45, 2.75) is 52.5 Å². The first-order chi connectivity index (χ1) is 19.1. The van der Waals surface area contributed by atoms with Crippen LogP contribution in [0.5, 0.6) is 0 Å². The molecular formula is C29H45N7O3. The topological polar surface area (TPSA) is 146 Å². The van der Waals surface area contributed by atoms with Crippen LogP contribution in [0, 0.1) is 0 Å². The molecule has 3 aromatic rings. The summed E-state index contributed by atoms with van der Waals surface area (Å²) >= 11 is 0. The molecule has 0 bridgehead atoms. The molecule has 39 heavy (non-hydrogen) atoms. The monoisotopic (exact) mass is 539 g/mol. The lowest BCUT2D eigenvalue weighted by molar-refractivity contribution is 0.0968. The van der Waals surface area contributed by atoms with E-state index in [0.717, 1.165) is 77.4 Å². The van der Waals surface area contributed by atoms with Crippen LogP contribution in [0.2, 0.25) is 0 Å². The van der Waals surface area contributed by atoms with Crippen molar-refractivity contribution in [3.63, 3.8) is 0 Å². The molecular weight excluding hydrogens is 494 g/mol. The molecule has 1 aromatic carbocycles. The van der Waals surface area contributed by atoms with Gasteiger partial charge in [-0.1, -0.05) is 31.5 Å². The highest BCUT2D eigenvalue weighted by Crippen LogP contribution is 2.33. The Labute approximate surface area is 231 Å². The standard InChI is InChI=1S/C22H29N7O.C5H10O.C2H6O/c1-3-4-9-25-20-19-18(27-22(24)28-20)16-7-5-6-8-17(16)29(19)13-15-10-14(11-23)12-26-21(15)30-2;1-2-4-6-5-3-1;1-2-3/h5-8,10,26H,3-4,9,11-13,23H2,1-2H3,(H3,24,25,27,28);1-5H2;3H,2H2,1H3. The van der Waals surface area contributed by atoms with Gasteiger partial charge in [-0.05, 0) is 50.3 Å². The second-order valence-corrected chi connectivity index (χ2v) is 9.42. The summed E-state index contributed by atoms with van der Waals surface area (Å²) in [5.74, 6) is 1.79. The number of fused-ring (bicyclic) bond motifs is 3. The van der Waals surface area contributed by atoms with Gasteiger partial charge in [0.05, 0.1) is 19.2 Å². The minimum atomic E-state index is 0.250. The fourth-order valence-electron chi connectivity index (χ4n) is 4.60. The number of aromatic nitrogens is 3. The number of hydrogen-bond donors (Lipinski definition) is 5. The number of nitrogens with two attached hydrogens (primary N) is 2. The maximum atomic E-state index is 7.57. The molecule has 0 amide bonds. The van der Waals surface area contributed by atoms with Crippen molar-refractivity contribution < 1.29 is 14.6 Å². The highest BCUT2D eigenvalue weighted by Gasteiger charge is 2.20. The number of nitrogen functional groups attached to an aromatic ring is 1. The van der Waals surface area contributed by atoms with Crippen molar-refractivity contribution in [2.24, 2.45) is 5.73 Å². The number of aliphatic hydroxyl groups excluding tert-OH is 1. The lowest BCUT2D eigenvalue weighted by Gasteiger charge is -2.21. The van der Waals surface area contributed by atoms with Gasteiger partial charge in [0.1, 0.15) is 11.0 Å². The van der Waals surface area contributed by atoms with Gasteiger partial charge in [-0.3, -0.25) is 0 Å². The van der Waals surface area contributed by atoms with Crippen molar-refractivity contribution in [2.75, 3.05) is 57.6 Å². The van der Waals surface area contributed by atoms with Gasteiger partial charge in [0.25, 0.3) is 0 Å². The number of methoxy groups -OCH3 is 1. The fraction of sp³-hybridized carbons (Fsp3) is 0.517. The van der Waals surface area contributed by atoms with E-state index in [1.807, 2.05) is 12.1 Å². The Hall–Kier alpha value is -3.34. The van der Waals surface area contributed by atoms with Crippen LogP contribution in [-0.4, -0.2) is 66.2 Å². The molecule has 0 unspecified atom stereocenters. The predicted molar refractivity (Wildman–Crippen MR) is 159 cm³/mol. The molecule has 0 atom stereocenters. The maximum Gasteiger partial charge on any atom is 0.222 e. The third-order valence-corrected chi connectivity index (χ3v) is 6.46. The lowest BCUT2D eigenvalue weighted by atomic mass is 10.1. The smallest absolute Gasteiger partial charge is 0.222 e. The molecule has 2 aromatic heterocycles. The molecule has 0 aliphatic carbocycles. The van der Waals surface area contributed by atoms with E-state index in [9.17, 15) is 0 Å². The summed E-state index contributed by atoms with van der Waals surface area (Å²) in [4.78, 5) is 9.11. The van der Waals surface area contributed by atoms with Crippen molar-refractivity contribution in [1.29, 1.82) is 0 Å². The maximum absolute atomic E-state index is 7.57. The van der Waals surface area contributed by atoms with Crippen LogP contribution >= 0.6 is 0 Å². The van der Waals surface area contributed by atoms with Gasteiger partial charge >= 0.3 is 0 Å². The number of dihydropyridines is 1. The number of para-hydroxylation sites is 1. The third kappa shape index (κ3) is 8.08. The number of nitrogens with zero attached hydrogens (tertiary/aromatic N) is 3. The van der Waals surface area contributed by atoms with Crippen LogP contribution in [0.1, 0.15) is 46.0 Å². The zero-order valence-corrected chi connectivity index (χ0v) is 23.6. The van der Waals surface area contributed by atoms with Gasteiger partial charge in [-0.2, -0.15) is 4.98 Å². The average molecular weight is 540 g/mol. The Morgan fingerprint density at radius 2 is 1.90 bits per heavy atom. The van der Waals surface area contributed by atoms with Crippen LogP contribution in [0.25, 0.3) is 21.9 Å². The molecule has 0 radical (unpaired) electrons. The second-order valence-electron chi connectivity index (χ2n) is 9.42. The van der Waals surface area contributed by atoms with E-state index in [2.05, 4.69) is 50.3 Å². The van der Waals surface area contributed by atoms with E-state index in [0.29, 0.717) is 19.6 Å². The zero-order valence-electron chi connectivity index (χ0n) is 23.6. The first-order valence-electron chi connectivity index (χ1n) is 13.9. The van der Waals surface area contributed by atoms with Crippen LogP contribution in [0.4, 0.5) is 11.8 Å². The molecule has 10 heteroatoms. The van der Waals surface area contributed by atoms with Gasteiger partial charge < -0.3 is 41.2 Å². The van der Waals surface area contributed by atoms with Gasteiger partial charge in [-0.25, -0.2) is 4.98 Å². The van der Waals surface area contributed by atoms with Crippen molar-refractivity contribution in [3.05, 3.63) is 47.4 Å². The van der Waals surface area contributed by atoms with Gasteiger partial charge in [0.2, 0.25) is 5.95 Å². The number of nitrogens with one attached hydrogen (secondary N) is 2. The molecule has 2 aliphatic rings. The minimum absolute atomic E-state index is 0.250. The number of rotatable bonds is 8. The Kier molecular flexibility index (Phi) is 12.3. The van der Waals surface area contributed by atoms with Crippen LogP contribution in [-0.2, 0) is 16.0 Å². The Balaban J connectivity index is 0.000000400. The molecule has 0 saturated carbocycles. The number of aliphatic hydroxyl groups is 1. The largest absolute Gasteiger partial charge is 0.482 e. The zero-order chi connectivity index (χ0) is 28.0. The summed E-state index contributed by atoms with van der Waals surface area (Å²) in [6.07, 6.45) is 8.21. The SMILES string of the molecule is C1CCOCC1.CCCCNc1nc(N)nc2c3ccccc3n(CC3=C(OC)NCC(CN)=C3)c12.CCO. The molecule has 4 heterocycles. The molecule has 214 valence electrons. The van der Waals surface area contributed by atoms with E-state index < -0.39 is 0 Å². The van der Waals surface area contributed by atoms with Gasteiger partial charge in [0.15, 0.2) is 11.7 Å². The van der Waals surface area contributed by atoms with Crippen molar-refractivity contribution in [1.82, 2.24) is 19.9 Å². The number of unbranched alkanes of at least 4 members (excludes halogenated alkanes) is 1. The van der Waals surface area contributed by atoms with E-state index in [4.69, 9.17) is 26.0 Å². The Morgan fingerprint density at radius 1 is 1.15 bits per heavy atom. The summed E-state index contributed by atoms with van der Waals surface area (Å²) in [6.45, 7) is 8.72. The minimum Gasteiger partial charge on any atom is -0.482 e. The number of allylic oxidation sites excluding steroid dienone is 2. The van der Waals surface area contributed by atoms with Crippen LogP contribution in [0.3, 0.4) is 0 Å². The Bertz CT molecular complexity index is 1240. The lowest BCUT2D eigenvalue weighted by Crippen LogP contribution is -2.27. The van der Waals surface area contributed by atoms with Gasteiger partial charge in [-0.15, -0.1) is 0 Å². The number of hydrogen-bond acceptors (Lipinski definition) is 9. The summed E-state index contributed by atoms with van der Waals surface area (Å²) in [5, 5.41) is 15.4. The molecule has 7 N–H and O–H groups in total. The van der Waals surface area contributed by atoms with Crippen LogP contribution < -0.4 is 22.1 Å².